The van der Waals surface area contributed by atoms with Gasteiger partial charge >= 0.3 is 0 Å². The van der Waals surface area contributed by atoms with Gasteiger partial charge in [0.05, 0.1) is 15.9 Å². The van der Waals surface area contributed by atoms with E-state index in [0.29, 0.717) is 51.0 Å². The zero-order chi connectivity index (χ0) is 27.0. The van der Waals surface area contributed by atoms with Crippen molar-refractivity contribution in [2.75, 3.05) is 19.6 Å². The van der Waals surface area contributed by atoms with Crippen molar-refractivity contribution in [3.63, 3.8) is 0 Å². The highest BCUT2D eigenvalue weighted by Crippen LogP contribution is 2.38. The first-order chi connectivity index (χ1) is 17.3. The number of piperidine rings is 1. The number of imidazole rings is 1. The molecule has 2 aromatic rings. The fourth-order valence-corrected chi connectivity index (χ4v) is 7.24. The average Bonchev–Trinajstić information content (AvgIpc) is 3.19. The quantitative estimate of drug-likeness (QED) is 0.533. The number of halogens is 2. The van der Waals surface area contributed by atoms with Gasteiger partial charge in [0.2, 0.25) is 21.9 Å². The molecular weight excluding hydrogens is 498 g/mol. The summed E-state index contributed by atoms with van der Waals surface area (Å²) in [6, 6.07) is 5.07. The van der Waals surface area contributed by atoms with Crippen molar-refractivity contribution in [2.24, 2.45) is 11.8 Å². The zero-order valence-corrected chi connectivity index (χ0v) is 23.2. The highest BCUT2D eigenvalue weighted by atomic mass is 32.2. The number of hydrogen-bond acceptors (Lipinski definition) is 4. The van der Waals surface area contributed by atoms with Gasteiger partial charge in [-0.3, -0.25) is 4.79 Å². The largest absolute Gasteiger partial charge is 0.356 e. The molecule has 1 saturated heterocycles. The number of rotatable bonds is 7. The Labute approximate surface area is 219 Å². The van der Waals surface area contributed by atoms with Crippen LogP contribution in [0.15, 0.2) is 23.1 Å². The van der Waals surface area contributed by atoms with E-state index in [1.807, 2.05) is 6.92 Å². The summed E-state index contributed by atoms with van der Waals surface area (Å²) in [5.74, 6) is -1.66. The second kappa shape index (κ2) is 10.6. The summed E-state index contributed by atoms with van der Waals surface area (Å²) < 4.78 is 58.2. The van der Waals surface area contributed by atoms with Crippen LogP contribution in [0.2, 0.25) is 0 Å². The molecule has 7 nitrogen and oxygen atoms in total. The lowest BCUT2D eigenvalue weighted by molar-refractivity contribution is -0.122. The maximum atomic E-state index is 13.7. The van der Waals surface area contributed by atoms with Crippen LogP contribution in [0.3, 0.4) is 0 Å². The minimum atomic E-state index is -3.74. The van der Waals surface area contributed by atoms with Gasteiger partial charge in [0.1, 0.15) is 5.82 Å². The maximum absolute atomic E-state index is 13.7. The van der Waals surface area contributed by atoms with Crippen LogP contribution in [0.1, 0.15) is 78.5 Å². The van der Waals surface area contributed by atoms with Crippen LogP contribution in [-0.2, 0) is 26.8 Å². The van der Waals surface area contributed by atoms with Crippen molar-refractivity contribution in [2.45, 2.75) is 95.4 Å². The van der Waals surface area contributed by atoms with Crippen LogP contribution in [-0.4, -0.2) is 53.7 Å². The van der Waals surface area contributed by atoms with Crippen molar-refractivity contribution in [1.82, 2.24) is 19.2 Å². The molecule has 1 N–H and O–H groups in total. The molecule has 0 unspecified atom stereocenters. The molecule has 1 aliphatic carbocycles. The number of carbonyl (C=O) groups is 1. The topological polar surface area (TPSA) is 84.3 Å². The van der Waals surface area contributed by atoms with E-state index in [-0.39, 0.29) is 40.9 Å². The van der Waals surface area contributed by atoms with E-state index in [0.717, 1.165) is 24.2 Å². The second-order valence-electron chi connectivity index (χ2n) is 11.8. The predicted molar refractivity (Wildman–Crippen MR) is 140 cm³/mol. The number of hydrogen-bond donors (Lipinski definition) is 1. The molecule has 2 fully saturated rings. The molecule has 1 aliphatic heterocycles. The van der Waals surface area contributed by atoms with Crippen molar-refractivity contribution in [3.05, 3.63) is 24.0 Å². The summed E-state index contributed by atoms with van der Waals surface area (Å²) in [6.07, 6.45) is 2.63. The van der Waals surface area contributed by atoms with Gasteiger partial charge in [-0.15, -0.1) is 0 Å². The molecule has 4 rings (SSSR count). The van der Waals surface area contributed by atoms with Crippen LogP contribution in [0.4, 0.5) is 8.78 Å². The monoisotopic (exact) mass is 538 g/mol. The van der Waals surface area contributed by atoms with Crippen molar-refractivity contribution in [3.8, 4) is 0 Å². The Kier molecular flexibility index (Phi) is 8.00. The number of fused-ring (bicyclic) bond motifs is 1. The first-order valence-electron chi connectivity index (χ1n) is 13.5. The summed E-state index contributed by atoms with van der Waals surface area (Å²) in [6.45, 7) is 9.94. The predicted octanol–water partition coefficient (Wildman–Crippen LogP) is 5.09. The Morgan fingerprint density at radius 3 is 2.51 bits per heavy atom. The van der Waals surface area contributed by atoms with Crippen LogP contribution >= 0.6 is 0 Å². The fraction of sp³-hybridized carbons (Fsp3) is 0.704. The van der Waals surface area contributed by atoms with Gasteiger partial charge in [0.25, 0.3) is 0 Å². The Morgan fingerprint density at radius 2 is 1.86 bits per heavy atom. The first-order valence-corrected chi connectivity index (χ1v) is 14.9. The number of carbonyl (C=O) groups excluding carboxylic acids is 1. The van der Waals surface area contributed by atoms with Gasteiger partial charge < -0.3 is 9.88 Å². The molecule has 0 bridgehead atoms. The van der Waals surface area contributed by atoms with E-state index in [1.165, 1.54) is 4.31 Å². The third-order valence-electron chi connectivity index (χ3n) is 7.64. The lowest BCUT2D eigenvalue weighted by Crippen LogP contribution is -2.41. The Bertz CT molecular complexity index is 1230. The highest BCUT2D eigenvalue weighted by molar-refractivity contribution is 7.89. The minimum Gasteiger partial charge on any atom is -0.356 e. The molecule has 0 radical (unpaired) electrons. The third-order valence-corrected chi connectivity index (χ3v) is 9.50. The number of benzene rings is 1. The van der Waals surface area contributed by atoms with E-state index in [2.05, 4.69) is 30.7 Å². The molecule has 37 heavy (non-hydrogen) atoms. The van der Waals surface area contributed by atoms with E-state index in [1.54, 1.807) is 18.2 Å². The normalized spacial score (nSPS) is 21.8. The number of alkyl halides is 2. The van der Waals surface area contributed by atoms with Crippen molar-refractivity contribution < 1.29 is 22.0 Å². The summed E-state index contributed by atoms with van der Waals surface area (Å²) in [5, 5.41) is 2.80. The molecule has 206 valence electrons. The van der Waals surface area contributed by atoms with Crippen LogP contribution in [0, 0.1) is 11.8 Å². The molecule has 1 amide bonds. The fourth-order valence-electron chi connectivity index (χ4n) is 5.66. The molecule has 0 spiro atoms. The van der Waals surface area contributed by atoms with Gasteiger partial charge in [0, 0.05) is 50.9 Å². The van der Waals surface area contributed by atoms with Gasteiger partial charge in [-0.2, -0.15) is 4.31 Å². The van der Waals surface area contributed by atoms with Gasteiger partial charge in [-0.05, 0) is 62.6 Å². The van der Waals surface area contributed by atoms with Gasteiger partial charge in [-0.25, -0.2) is 22.2 Å². The van der Waals surface area contributed by atoms with Crippen LogP contribution in [0.25, 0.3) is 11.0 Å². The first kappa shape index (κ1) is 28.0. The minimum absolute atomic E-state index is 0.00613. The zero-order valence-electron chi connectivity index (χ0n) is 22.4. The van der Waals surface area contributed by atoms with Crippen molar-refractivity contribution >= 4 is 27.0 Å². The number of amides is 1. The lowest BCUT2D eigenvalue weighted by atomic mass is 9.86. The van der Waals surface area contributed by atoms with E-state index in [9.17, 15) is 22.0 Å². The smallest absolute Gasteiger partial charge is 0.248 e. The SMILES string of the molecule is CCNC(=O)C[C@@H]1CCCN(S(=O)(=O)c2ccc3c(c2)nc(C(C)(C)C)n3CC2CCC(F)(F)CC2)C1. The lowest BCUT2D eigenvalue weighted by Gasteiger charge is -2.31. The second-order valence-corrected chi connectivity index (χ2v) is 13.7. The molecule has 2 aliphatic rings. The summed E-state index contributed by atoms with van der Waals surface area (Å²) in [7, 11) is -3.74. The van der Waals surface area contributed by atoms with Gasteiger partial charge in [-0.1, -0.05) is 20.8 Å². The Balaban J connectivity index is 1.60. The van der Waals surface area contributed by atoms with Crippen LogP contribution in [0.5, 0.6) is 0 Å². The summed E-state index contributed by atoms with van der Waals surface area (Å²) in [5.41, 5.74) is 1.13. The number of nitrogens with zero attached hydrogens (tertiary/aromatic N) is 3. The Hall–Kier alpha value is -2.07. The summed E-state index contributed by atoms with van der Waals surface area (Å²) in [4.78, 5) is 17.1. The van der Waals surface area contributed by atoms with E-state index in [4.69, 9.17) is 4.98 Å². The van der Waals surface area contributed by atoms with E-state index >= 15 is 0 Å². The highest BCUT2D eigenvalue weighted by Gasteiger charge is 2.36. The van der Waals surface area contributed by atoms with E-state index < -0.39 is 15.9 Å². The molecule has 1 atom stereocenters. The molecule has 2 heterocycles. The van der Waals surface area contributed by atoms with Crippen molar-refractivity contribution in [1.29, 1.82) is 0 Å². The maximum Gasteiger partial charge on any atom is 0.248 e. The molecular formula is C27H40F2N4O3S. The standard InChI is InChI=1S/C27H40F2N4O3S/c1-5-30-24(34)15-20-7-6-14-32(17-20)37(35,36)21-8-9-23-22(16-21)31-25(26(2,3)4)33(23)18-19-10-12-27(28,29)13-11-19/h8-9,16,19-20H,5-7,10-15,17-18H2,1-4H3,(H,30,34)/t20-/m0/s1. The number of aromatic nitrogens is 2. The number of sulfonamides is 1. The molecule has 10 heteroatoms. The summed E-state index contributed by atoms with van der Waals surface area (Å²) >= 11 is 0. The molecule has 1 aromatic carbocycles. The van der Waals surface area contributed by atoms with Gasteiger partial charge in [0.15, 0.2) is 0 Å². The molecule has 1 aromatic heterocycles. The Morgan fingerprint density at radius 1 is 1.16 bits per heavy atom. The number of nitrogens with one attached hydrogen (secondary N) is 1. The van der Waals surface area contributed by atoms with Crippen LogP contribution < -0.4 is 5.32 Å². The molecule has 1 saturated carbocycles. The third kappa shape index (κ3) is 6.33. The average molecular weight is 539 g/mol.